The van der Waals surface area contributed by atoms with Crippen molar-refractivity contribution in [2.45, 2.75) is 18.7 Å². The molecule has 2 aromatic carbocycles. The van der Waals surface area contributed by atoms with E-state index in [1.165, 1.54) is 16.4 Å². The summed E-state index contributed by atoms with van der Waals surface area (Å²) in [5.74, 6) is -0.0428. The third-order valence-corrected chi connectivity index (χ3v) is 7.82. The molecule has 1 N–H and O–H groups in total. The fourth-order valence-electron chi connectivity index (χ4n) is 3.78. The van der Waals surface area contributed by atoms with Gasteiger partial charge in [0, 0.05) is 45.3 Å². The number of aromatic carboxylic acids is 1. The molecule has 0 bridgehead atoms. The number of piperazine rings is 1. The van der Waals surface area contributed by atoms with Crippen molar-refractivity contribution in [2.24, 2.45) is 0 Å². The van der Waals surface area contributed by atoms with Gasteiger partial charge in [-0.3, -0.25) is 0 Å². The number of carboxylic acids is 1. The number of benzene rings is 2. The molecule has 10 heteroatoms. The van der Waals surface area contributed by atoms with E-state index in [9.17, 15) is 18.3 Å². The highest BCUT2D eigenvalue weighted by Gasteiger charge is 2.31. The standard InChI is InChI=1S/C23H31N3O6S/c1-5-26(6-2)33(29,30)22-15-19(23(27)28)20(25-13-11-24(3)12-14-25)16-21(22)32-18-9-7-17(31-4)8-10-18/h7-10,15-16H,5-6,11-14H2,1-4H3,(H,27,28). The second kappa shape index (κ2) is 10.4. The number of sulfonamides is 1. The van der Waals surface area contributed by atoms with Crippen molar-refractivity contribution >= 4 is 21.7 Å². The summed E-state index contributed by atoms with van der Waals surface area (Å²) in [7, 11) is -0.423. The molecule has 0 aromatic heterocycles. The summed E-state index contributed by atoms with van der Waals surface area (Å²) in [5, 5.41) is 9.93. The van der Waals surface area contributed by atoms with E-state index < -0.39 is 16.0 Å². The number of carbonyl (C=O) groups is 1. The van der Waals surface area contributed by atoms with Gasteiger partial charge in [-0.15, -0.1) is 0 Å². The van der Waals surface area contributed by atoms with Crippen LogP contribution in [0.15, 0.2) is 41.3 Å². The van der Waals surface area contributed by atoms with Crippen molar-refractivity contribution in [2.75, 3.05) is 58.3 Å². The van der Waals surface area contributed by atoms with Crippen LogP contribution in [-0.4, -0.2) is 82.1 Å². The molecule has 1 saturated heterocycles. The maximum absolute atomic E-state index is 13.4. The van der Waals surface area contributed by atoms with E-state index in [0.717, 1.165) is 13.1 Å². The molecule has 1 heterocycles. The number of anilines is 1. The van der Waals surface area contributed by atoms with Crippen LogP contribution < -0.4 is 14.4 Å². The van der Waals surface area contributed by atoms with Crippen molar-refractivity contribution in [3.63, 3.8) is 0 Å². The van der Waals surface area contributed by atoms with Gasteiger partial charge in [-0.1, -0.05) is 13.8 Å². The lowest BCUT2D eigenvalue weighted by Crippen LogP contribution is -2.45. The summed E-state index contributed by atoms with van der Waals surface area (Å²) in [6.45, 7) is 6.78. The third-order valence-electron chi connectivity index (χ3n) is 5.75. The molecule has 0 saturated carbocycles. The maximum Gasteiger partial charge on any atom is 0.337 e. The first-order chi connectivity index (χ1) is 15.7. The Labute approximate surface area is 195 Å². The summed E-state index contributed by atoms with van der Waals surface area (Å²) in [5.41, 5.74) is 0.380. The Kier molecular flexibility index (Phi) is 7.83. The van der Waals surface area contributed by atoms with Crippen LogP contribution in [0.1, 0.15) is 24.2 Å². The molecule has 3 rings (SSSR count). The zero-order valence-electron chi connectivity index (χ0n) is 19.4. The Morgan fingerprint density at radius 1 is 1.03 bits per heavy atom. The van der Waals surface area contributed by atoms with Crippen LogP contribution in [0, 0.1) is 0 Å². The summed E-state index contributed by atoms with van der Waals surface area (Å²) in [4.78, 5) is 16.1. The summed E-state index contributed by atoms with van der Waals surface area (Å²) in [6.07, 6.45) is 0. The summed E-state index contributed by atoms with van der Waals surface area (Å²) in [6, 6.07) is 9.53. The SMILES string of the molecule is CCN(CC)S(=O)(=O)c1cc(C(=O)O)c(N2CCN(C)CC2)cc1Oc1ccc(OC)cc1. The minimum atomic E-state index is -3.98. The first-order valence-electron chi connectivity index (χ1n) is 10.9. The highest BCUT2D eigenvalue weighted by molar-refractivity contribution is 7.89. The Hall–Kier alpha value is -2.82. The number of rotatable bonds is 9. The number of ether oxygens (including phenoxy) is 2. The van der Waals surface area contributed by atoms with Gasteiger partial charge in [-0.05, 0) is 37.4 Å². The van der Waals surface area contributed by atoms with E-state index in [-0.39, 0.29) is 29.3 Å². The van der Waals surface area contributed by atoms with Gasteiger partial charge >= 0.3 is 5.97 Å². The molecule has 9 nitrogen and oxygen atoms in total. The number of carboxylic acid groups (broad SMARTS) is 1. The summed E-state index contributed by atoms with van der Waals surface area (Å²) < 4.78 is 39.3. The van der Waals surface area contributed by atoms with E-state index in [4.69, 9.17) is 9.47 Å². The van der Waals surface area contributed by atoms with Crippen molar-refractivity contribution in [1.29, 1.82) is 0 Å². The molecule has 0 amide bonds. The van der Waals surface area contributed by atoms with Gasteiger partial charge in [0.2, 0.25) is 10.0 Å². The van der Waals surface area contributed by atoms with Crippen molar-refractivity contribution < 1.29 is 27.8 Å². The van der Waals surface area contributed by atoms with Gasteiger partial charge in [0.1, 0.15) is 22.1 Å². The van der Waals surface area contributed by atoms with Gasteiger partial charge in [-0.25, -0.2) is 13.2 Å². The maximum atomic E-state index is 13.4. The molecule has 33 heavy (non-hydrogen) atoms. The van der Waals surface area contributed by atoms with Crippen LogP contribution >= 0.6 is 0 Å². The lowest BCUT2D eigenvalue weighted by molar-refractivity contribution is 0.0697. The zero-order valence-corrected chi connectivity index (χ0v) is 20.3. The second-order valence-corrected chi connectivity index (χ2v) is 9.68. The van der Waals surface area contributed by atoms with Crippen molar-refractivity contribution in [3.8, 4) is 17.2 Å². The van der Waals surface area contributed by atoms with E-state index in [2.05, 4.69) is 4.90 Å². The molecule has 1 fully saturated rings. The Balaban J connectivity index is 2.16. The van der Waals surface area contributed by atoms with Crippen LogP contribution in [-0.2, 0) is 10.0 Å². The average molecular weight is 478 g/mol. The van der Waals surface area contributed by atoms with E-state index >= 15 is 0 Å². The highest BCUT2D eigenvalue weighted by Crippen LogP contribution is 2.38. The average Bonchev–Trinajstić information content (AvgIpc) is 2.80. The lowest BCUT2D eigenvalue weighted by Gasteiger charge is -2.35. The molecule has 0 unspecified atom stereocenters. The van der Waals surface area contributed by atoms with Crippen molar-refractivity contribution in [1.82, 2.24) is 9.21 Å². The predicted octanol–water partition coefficient (Wildman–Crippen LogP) is 2.97. The lowest BCUT2D eigenvalue weighted by atomic mass is 10.1. The van der Waals surface area contributed by atoms with E-state index in [0.29, 0.717) is 30.3 Å². The molecule has 1 aliphatic heterocycles. The number of likely N-dealkylation sites (N-methyl/N-ethyl adjacent to an activating group) is 1. The first kappa shape index (κ1) is 24.8. The molecule has 0 aliphatic carbocycles. The first-order valence-corrected chi connectivity index (χ1v) is 12.3. The molecular weight excluding hydrogens is 446 g/mol. The molecule has 1 aliphatic rings. The number of nitrogens with zero attached hydrogens (tertiary/aromatic N) is 3. The molecule has 180 valence electrons. The Bertz CT molecular complexity index is 1080. The van der Waals surface area contributed by atoms with Crippen LogP contribution in [0.3, 0.4) is 0 Å². The van der Waals surface area contributed by atoms with Gasteiger partial charge in [-0.2, -0.15) is 4.31 Å². The number of hydrogen-bond acceptors (Lipinski definition) is 7. The van der Waals surface area contributed by atoms with E-state index in [1.54, 1.807) is 45.2 Å². The van der Waals surface area contributed by atoms with Crippen molar-refractivity contribution in [3.05, 3.63) is 42.0 Å². The monoisotopic (exact) mass is 477 g/mol. The Morgan fingerprint density at radius 3 is 2.12 bits per heavy atom. The van der Waals surface area contributed by atoms with Crippen LogP contribution in [0.5, 0.6) is 17.2 Å². The fraction of sp³-hybridized carbons (Fsp3) is 0.435. The quantitative estimate of drug-likeness (QED) is 0.589. The minimum Gasteiger partial charge on any atom is -0.497 e. The number of methoxy groups -OCH3 is 1. The molecule has 0 spiro atoms. The fourth-order valence-corrected chi connectivity index (χ4v) is 5.36. The zero-order chi connectivity index (χ0) is 24.2. The predicted molar refractivity (Wildman–Crippen MR) is 126 cm³/mol. The van der Waals surface area contributed by atoms with Crippen LogP contribution in [0.2, 0.25) is 0 Å². The smallest absolute Gasteiger partial charge is 0.337 e. The van der Waals surface area contributed by atoms with Gasteiger partial charge < -0.3 is 24.4 Å². The van der Waals surface area contributed by atoms with E-state index in [1.807, 2.05) is 11.9 Å². The topological polar surface area (TPSA) is 99.6 Å². The van der Waals surface area contributed by atoms with Gasteiger partial charge in [0.15, 0.2) is 0 Å². The highest BCUT2D eigenvalue weighted by atomic mass is 32.2. The number of hydrogen-bond donors (Lipinski definition) is 1. The molecular formula is C23H31N3O6S. The summed E-state index contributed by atoms with van der Waals surface area (Å²) >= 11 is 0. The van der Waals surface area contributed by atoms with Gasteiger partial charge in [0.05, 0.1) is 18.4 Å². The molecule has 0 atom stereocenters. The normalized spacial score (nSPS) is 15.0. The third kappa shape index (κ3) is 5.40. The van der Waals surface area contributed by atoms with Gasteiger partial charge in [0.25, 0.3) is 0 Å². The molecule has 0 radical (unpaired) electrons. The minimum absolute atomic E-state index is 0.0626. The van der Waals surface area contributed by atoms with Crippen LogP contribution in [0.4, 0.5) is 5.69 Å². The largest absolute Gasteiger partial charge is 0.497 e. The molecule has 2 aromatic rings. The Morgan fingerprint density at radius 2 is 1.61 bits per heavy atom. The van der Waals surface area contributed by atoms with Crippen LogP contribution in [0.25, 0.3) is 0 Å². The second-order valence-electron chi connectivity index (χ2n) is 7.78.